The fourth-order valence-corrected chi connectivity index (χ4v) is 0.123. The van der Waals surface area contributed by atoms with Gasteiger partial charge in [0.15, 0.2) is 0 Å². The van der Waals surface area contributed by atoms with Gasteiger partial charge in [0.1, 0.15) is 0 Å². The molecule has 0 atom stereocenters. The van der Waals surface area contributed by atoms with Crippen molar-refractivity contribution >= 4 is 5.97 Å². The summed E-state index contributed by atoms with van der Waals surface area (Å²) in [6.07, 6.45) is 1.41. The topological polar surface area (TPSA) is 37.3 Å². The van der Waals surface area contributed by atoms with E-state index in [4.69, 9.17) is 5.11 Å². The van der Waals surface area contributed by atoms with Gasteiger partial charge in [0.05, 0.1) is 6.42 Å². The van der Waals surface area contributed by atoms with Crippen LogP contribution in [0.4, 0.5) is 0 Å². The molecule has 0 fully saturated rings. The summed E-state index contributed by atoms with van der Waals surface area (Å²) >= 11 is 0. The van der Waals surface area contributed by atoms with Crippen LogP contribution < -0.4 is 68.9 Å². The van der Waals surface area contributed by atoms with E-state index in [9.17, 15) is 4.79 Å². The van der Waals surface area contributed by atoms with Crippen LogP contribution in [0.2, 0.25) is 0 Å². The van der Waals surface area contributed by atoms with Crippen molar-refractivity contribution in [3.8, 4) is 0 Å². The molecule has 0 aliphatic rings. The van der Waals surface area contributed by atoms with Crippen LogP contribution in [0.1, 0.15) is 7.85 Å². The van der Waals surface area contributed by atoms with E-state index in [1.807, 2.05) is 0 Å². The number of rotatable bonds is 2. The molecule has 2 nitrogen and oxygen atoms in total. The van der Waals surface area contributed by atoms with E-state index < -0.39 is 5.97 Å². The SMILES string of the molecule is C=CCC(=O)O.[Cs+].[H-]. The van der Waals surface area contributed by atoms with Gasteiger partial charge in [0.2, 0.25) is 0 Å². The molecule has 0 saturated heterocycles. The fourth-order valence-electron chi connectivity index (χ4n) is 0.123. The van der Waals surface area contributed by atoms with Gasteiger partial charge in [-0.25, -0.2) is 0 Å². The largest absolute Gasteiger partial charge is 1.00 e. The first-order valence-electron chi connectivity index (χ1n) is 1.60. The van der Waals surface area contributed by atoms with Crippen LogP contribution in [-0.2, 0) is 4.79 Å². The Morgan fingerprint density at radius 2 is 2.43 bits per heavy atom. The third-order valence-electron chi connectivity index (χ3n) is 0.319. The number of carbonyl (C=O) groups is 1. The normalized spacial score (nSPS) is 6.29. The number of carboxylic acid groups (broad SMARTS) is 1. The Hall–Kier alpha value is 1.26. The first-order valence-corrected chi connectivity index (χ1v) is 1.60. The maximum atomic E-state index is 9.53. The van der Waals surface area contributed by atoms with Crippen molar-refractivity contribution < 1.29 is 80.2 Å². The Labute approximate surface area is 103 Å². The monoisotopic (exact) mass is 220 g/mol. The molecule has 0 radical (unpaired) electrons. The molecule has 0 saturated carbocycles. The summed E-state index contributed by atoms with van der Waals surface area (Å²) in [5.74, 6) is -0.829. The maximum absolute atomic E-state index is 9.53. The second-order valence-corrected chi connectivity index (χ2v) is 0.887. The first-order chi connectivity index (χ1) is 2.77. The fraction of sp³-hybridized carbons (Fsp3) is 0.250. The molecular weight excluding hydrogens is 213 g/mol. The van der Waals surface area contributed by atoms with Gasteiger partial charge in [-0.15, -0.1) is 6.58 Å². The summed E-state index contributed by atoms with van der Waals surface area (Å²) < 4.78 is 0. The summed E-state index contributed by atoms with van der Waals surface area (Å²) in [6, 6.07) is 0. The molecule has 0 heterocycles. The van der Waals surface area contributed by atoms with E-state index in [0.717, 1.165) is 0 Å². The van der Waals surface area contributed by atoms with Crippen LogP contribution in [0, 0.1) is 0 Å². The van der Waals surface area contributed by atoms with Crippen LogP contribution in [-0.4, -0.2) is 11.1 Å². The van der Waals surface area contributed by atoms with Crippen LogP contribution in [0.5, 0.6) is 0 Å². The van der Waals surface area contributed by atoms with Crippen LogP contribution in [0.15, 0.2) is 12.7 Å². The Morgan fingerprint density at radius 3 is 2.43 bits per heavy atom. The second-order valence-electron chi connectivity index (χ2n) is 0.887. The molecule has 1 N–H and O–H groups in total. The molecule has 7 heavy (non-hydrogen) atoms. The Morgan fingerprint density at radius 1 is 2.00 bits per heavy atom. The molecule has 0 amide bonds. The quantitative estimate of drug-likeness (QED) is 0.534. The number of carboxylic acids is 1. The van der Waals surface area contributed by atoms with Gasteiger partial charge < -0.3 is 6.53 Å². The van der Waals surface area contributed by atoms with Crippen LogP contribution in [0.3, 0.4) is 0 Å². The van der Waals surface area contributed by atoms with Crippen molar-refractivity contribution in [1.29, 1.82) is 0 Å². The standard InChI is InChI=1S/C4H6O2.Cs.H/c1-2-3-4(5)6;;/h2H,1,3H2,(H,5,6);;/q;+1;-1. The van der Waals surface area contributed by atoms with Crippen molar-refractivity contribution in [2.45, 2.75) is 6.42 Å². The Bertz CT molecular complexity index is 74.4. The molecule has 0 aliphatic heterocycles. The summed E-state index contributed by atoms with van der Waals surface area (Å²) in [7, 11) is 0. The van der Waals surface area contributed by atoms with E-state index in [2.05, 4.69) is 6.58 Å². The summed E-state index contributed by atoms with van der Waals surface area (Å²) in [6.45, 7) is 3.22. The zero-order valence-electron chi connectivity index (χ0n) is 5.35. The number of aliphatic carboxylic acids is 1. The average molecular weight is 220 g/mol. The van der Waals surface area contributed by atoms with E-state index in [0.29, 0.717) is 0 Å². The minimum Gasteiger partial charge on any atom is -1.00 e. The molecule has 0 spiro atoms. The maximum Gasteiger partial charge on any atom is 1.00 e. The second kappa shape index (κ2) is 7.26. The molecule has 0 unspecified atom stereocenters. The molecule has 0 aromatic carbocycles. The number of hydrogen-bond donors (Lipinski definition) is 1. The van der Waals surface area contributed by atoms with E-state index in [1.54, 1.807) is 0 Å². The van der Waals surface area contributed by atoms with Crippen molar-refractivity contribution in [2.24, 2.45) is 0 Å². The summed E-state index contributed by atoms with van der Waals surface area (Å²) in [5, 5.41) is 7.84. The van der Waals surface area contributed by atoms with Gasteiger partial charge in [-0.05, 0) is 0 Å². The summed E-state index contributed by atoms with van der Waals surface area (Å²) in [5.41, 5.74) is 0. The van der Waals surface area contributed by atoms with Crippen LogP contribution in [0.25, 0.3) is 0 Å². The van der Waals surface area contributed by atoms with Crippen molar-refractivity contribution in [2.75, 3.05) is 0 Å². The first kappa shape index (κ1) is 11.1. The van der Waals surface area contributed by atoms with Crippen LogP contribution >= 0.6 is 0 Å². The average Bonchev–Trinajstić information content (AvgIpc) is 1.35. The van der Waals surface area contributed by atoms with E-state index in [-0.39, 0.29) is 76.7 Å². The van der Waals surface area contributed by atoms with Crippen molar-refractivity contribution in [3.05, 3.63) is 12.7 Å². The van der Waals surface area contributed by atoms with Gasteiger partial charge in [-0.3, -0.25) is 4.79 Å². The summed E-state index contributed by atoms with van der Waals surface area (Å²) in [4.78, 5) is 9.53. The smallest absolute Gasteiger partial charge is 1.00 e. The zero-order chi connectivity index (χ0) is 4.99. The predicted molar refractivity (Wildman–Crippen MR) is 23.6 cm³/mol. The van der Waals surface area contributed by atoms with Crippen molar-refractivity contribution in [1.82, 2.24) is 0 Å². The molecular formula is C4H7CsO2. The van der Waals surface area contributed by atoms with Gasteiger partial charge in [0, 0.05) is 0 Å². The molecule has 0 rings (SSSR count). The van der Waals surface area contributed by atoms with Gasteiger partial charge in [0.25, 0.3) is 0 Å². The zero-order valence-corrected chi connectivity index (χ0v) is 10.6. The minimum absolute atomic E-state index is 0. The van der Waals surface area contributed by atoms with Gasteiger partial charge in [-0.2, -0.15) is 0 Å². The van der Waals surface area contributed by atoms with Crippen molar-refractivity contribution in [3.63, 3.8) is 0 Å². The van der Waals surface area contributed by atoms with E-state index >= 15 is 0 Å². The molecule has 0 aromatic heterocycles. The third kappa shape index (κ3) is 11.1. The molecule has 0 bridgehead atoms. The molecule has 0 aromatic rings. The predicted octanol–water partition coefficient (Wildman–Crippen LogP) is -2.24. The Kier molecular flexibility index (Phi) is 11.5. The molecule has 0 aliphatic carbocycles. The Balaban J connectivity index is -0.000000125. The molecule has 36 valence electrons. The van der Waals surface area contributed by atoms with Gasteiger partial charge in [-0.1, -0.05) is 6.08 Å². The van der Waals surface area contributed by atoms with Gasteiger partial charge >= 0.3 is 74.9 Å². The van der Waals surface area contributed by atoms with E-state index in [1.165, 1.54) is 6.08 Å². The third-order valence-corrected chi connectivity index (χ3v) is 0.319. The molecule has 3 heteroatoms. The number of hydrogen-bond acceptors (Lipinski definition) is 1. The minimum atomic E-state index is -0.829.